The van der Waals surface area contributed by atoms with Crippen LogP contribution in [0.2, 0.25) is 0 Å². The highest BCUT2D eigenvalue weighted by molar-refractivity contribution is 7.92. The molecule has 1 unspecified atom stereocenters. The molecule has 3 aromatic rings. The summed E-state index contributed by atoms with van der Waals surface area (Å²) < 4.78 is 34.8. The number of amides is 2. The van der Waals surface area contributed by atoms with Gasteiger partial charge in [0.2, 0.25) is 11.8 Å². The molecule has 0 aliphatic heterocycles. The van der Waals surface area contributed by atoms with Crippen molar-refractivity contribution in [1.82, 2.24) is 10.2 Å². The van der Waals surface area contributed by atoms with Crippen molar-refractivity contribution in [3.05, 3.63) is 89.5 Å². The maximum Gasteiger partial charge on any atom is 0.264 e. The molecule has 0 saturated heterocycles. The highest BCUT2D eigenvalue weighted by Crippen LogP contribution is 2.33. The lowest BCUT2D eigenvalue weighted by molar-refractivity contribution is -0.139. The van der Waals surface area contributed by atoms with Gasteiger partial charge in [-0.3, -0.25) is 13.9 Å². The lowest BCUT2D eigenvalue weighted by Gasteiger charge is -2.32. The van der Waals surface area contributed by atoms with E-state index in [4.69, 9.17) is 4.74 Å². The highest BCUT2D eigenvalue weighted by Gasteiger charge is 2.33. The van der Waals surface area contributed by atoms with E-state index in [2.05, 4.69) is 5.32 Å². The second kappa shape index (κ2) is 13.3. The molecule has 0 aliphatic rings. The summed E-state index contributed by atoms with van der Waals surface area (Å²) in [7, 11) is -4.17. The number of anilines is 1. The molecule has 3 aromatic carbocycles. The van der Waals surface area contributed by atoms with Gasteiger partial charge in [-0.2, -0.15) is 0 Å². The highest BCUT2D eigenvalue weighted by atomic mass is 32.2. The van der Waals surface area contributed by atoms with Gasteiger partial charge in [0.05, 0.1) is 17.2 Å². The molecule has 0 saturated carbocycles. The maximum absolute atomic E-state index is 14.0. The summed E-state index contributed by atoms with van der Waals surface area (Å²) in [6, 6.07) is 20.0. The van der Waals surface area contributed by atoms with Crippen LogP contribution in [0.3, 0.4) is 0 Å². The smallest absolute Gasteiger partial charge is 0.264 e. The van der Waals surface area contributed by atoms with Crippen LogP contribution >= 0.6 is 0 Å². The first-order chi connectivity index (χ1) is 18.6. The van der Waals surface area contributed by atoms with E-state index in [0.29, 0.717) is 18.9 Å². The molecule has 0 spiro atoms. The van der Waals surface area contributed by atoms with Crippen molar-refractivity contribution >= 4 is 27.5 Å². The van der Waals surface area contributed by atoms with Crippen molar-refractivity contribution < 1.29 is 22.7 Å². The van der Waals surface area contributed by atoms with Gasteiger partial charge in [0.25, 0.3) is 10.0 Å². The Kier molecular flexibility index (Phi) is 10.1. The summed E-state index contributed by atoms with van der Waals surface area (Å²) in [6.45, 7) is 9.42. The maximum atomic E-state index is 14.0. The van der Waals surface area contributed by atoms with Gasteiger partial charge in [0, 0.05) is 13.1 Å². The fraction of sp³-hybridized carbons (Fsp3) is 0.333. The van der Waals surface area contributed by atoms with Crippen LogP contribution in [0, 0.1) is 13.8 Å². The first kappa shape index (κ1) is 29.7. The first-order valence-corrected chi connectivity index (χ1v) is 14.5. The number of carbonyl (C=O) groups is 2. The zero-order chi connectivity index (χ0) is 28.6. The zero-order valence-corrected chi connectivity index (χ0v) is 24.0. The molecule has 0 aliphatic carbocycles. The van der Waals surface area contributed by atoms with Crippen molar-refractivity contribution in [3.8, 4) is 5.75 Å². The molecule has 0 bridgehead atoms. The molecule has 0 fully saturated rings. The van der Waals surface area contributed by atoms with Gasteiger partial charge in [-0.15, -0.1) is 0 Å². The minimum Gasteiger partial charge on any atom is -0.492 e. The van der Waals surface area contributed by atoms with Crippen molar-refractivity contribution in [1.29, 1.82) is 0 Å². The Balaban J connectivity index is 2.08. The van der Waals surface area contributed by atoms with Crippen molar-refractivity contribution in [2.75, 3.05) is 24.0 Å². The molecule has 1 atom stereocenters. The van der Waals surface area contributed by atoms with Crippen LogP contribution < -0.4 is 14.4 Å². The van der Waals surface area contributed by atoms with E-state index >= 15 is 0 Å². The Morgan fingerprint density at radius 2 is 1.62 bits per heavy atom. The van der Waals surface area contributed by atoms with Gasteiger partial charge in [-0.1, -0.05) is 59.7 Å². The fourth-order valence-electron chi connectivity index (χ4n) is 4.20. The van der Waals surface area contributed by atoms with Crippen molar-refractivity contribution in [2.24, 2.45) is 0 Å². The van der Waals surface area contributed by atoms with Crippen LogP contribution in [0.15, 0.2) is 77.7 Å². The van der Waals surface area contributed by atoms with E-state index in [0.717, 1.165) is 21.0 Å². The summed E-state index contributed by atoms with van der Waals surface area (Å²) in [5.41, 5.74) is 3.00. The number of aryl methyl sites for hydroxylation is 2. The van der Waals surface area contributed by atoms with Crippen molar-refractivity contribution in [3.63, 3.8) is 0 Å². The van der Waals surface area contributed by atoms with E-state index in [1.165, 1.54) is 17.0 Å². The molecule has 0 heterocycles. The van der Waals surface area contributed by atoms with Gasteiger partial charge < -0.3 is 15.0 Å². The van der Waals surface area contributed by atoms with E-state index < -0.39 is 28.5 Å². The SMILES string of the molecule is CCNC(=O)C(C)N(Cc1cccc(C)c1)C(=O)CN(c1ccccc1OCC)S(=O)(=O)c1ccc(C)cc1. The second-order valence-corrected chi connectivity index (χ2v) is 11.2. The van der Waals surface area contributed by atoms with Gasteiger partial charge >= 0.3 is 0 Å². The molecule has 2 amide bonds. The molecule has 1 N–H and O–H groups in total. The number of para-hydroxylation sites is 2. The van der Waals surface area contributed by atoms with E-state index in [1.54, 1.807) is 57.2 Å². The van der Waals surface area contributed by atoms with Crippen LogP contribution in [0.1, 0.15) is 37.5 Å². The van der Waals surface area contributed by atoms with Gasteiger partial charge in [0.15, 0.2) is 0 Å². The number of nitrogens with zero attached hydrogens (tertiary/aromatic N) is 2. The Bertz CT molecular complexity index is 1390. The number of benzene rings is 3. The molecular weight excluding hydrogens is 514 g/mol. The molecular formula is C30H37N3O5S. The second-order valence-electron chi connectivity index (χ2n) is 9.31. The quantitative estimate of drug-likeness (QED) is 0.359. The Morgan fingerprint density at radius 3 is 2.26 bits per heavy atom. The Morgan fingerprint density at radius 1 is 0.923 bits per heavy atom. The van der Waals surface area contributed by atoms with Crippen LogP contribution in [0.4, 0.5) is 5.69 Å². The summed E-state index contributed by atoms with van der Waals surface area (Å²) in [5.74, 6) is -0.496. The molecule has 8 nitrogen and oxygen atoms in total. The average molecular weight is 552 g/mol. The number of hydrogen-bond donors (Lipinski definition) is 1. The summed E-state index contributed by atoms with van der Waals surface area (Å²) >= 11 is 0. The zero-order valence-electron chi connectivity index (χ0n) is 23.2. The third-order valence-electron chi connectivity index (χ3n) is 6.28. The third kappa shape index (κ3) is 7.38. The molecule has 3 rings (SSSR count). The summed E-state index contributed by atoms with van der Waals surface area (Å²) in [4.78, 5) is 28.3. The van der Waals surface area contributed by atoms with Gasteiger partial charge in [-0.05, 0) is 64.4 Å². The first-order valence-electron chi connectivity index (χ1n) is 13.0. The van der Waals surface area contributed by atoms with Crippen LogP contribution in [-0.2, 0) is 26.2 Å². The molecule has 9 heteroatoms. The predicted octanol–water partition coefficient (Wildman–Crippen LogP) is 4.45. The van der Waals surface area contributed by atoms with Gasteiger partial charge in [-0.25, -0.2) is 8.42 Å². The fourth-order valence-corrected chi connectivity index (χ4v) is 5.63. The largest absolute Gasteiger partial charge is 0.492 e. The monoisotopic (exact) mass is 551 g/mol. The minimum atomic E-state index is -4.17. The molecule has 0 radical (unpaired) electrons. The minimum absolute atomic E-state index is 0.0502. The number of hydrogen-bond acceptors (Lipinski definition) is 5. The lowest BCUT2D eigenvalue weighted by Crippen LogP contribution is -2.51. The summed E-state index contributed by atoms with van der Waals surface area (Å²) in [6.07, 6.45) is 0. The Labute approximate surface area is 231 Å². The number of likely N-dealkylation sites (N-methyl/N-ethyl adjacent to an activating group) is 1. The van der Waals surface area contributed by atoms with Crippen LogP contribution in [-0.4, -0.2) is 50.9 Å². The average Bonchev–Trinajstić information content (AvgIpc) is 2.91. The molecule has 208 valence electrons. The summed E-state index contributed by atoms with van der Waals surface area (Å²) in [5, 5.41) is 2.77. The van der Waals surface area contributed by atoms with E-state index in [-0.39, 0.29) is 23.0 Å². The standard InChI is InChI=1S/C30H37N3O5S/c1-6-31-30(35)24(5)32(20-25-12-10-11-23(4)19-25)29(34)21-33(27-13-8-9-14-28(27)38-7-2)39(36,37)26-17-15-22(3)16-18-26/h8-19,24H,6-7,20-21H2,1-5H3,(H,31,35). The molecule has 0 aromatic heterocycles. The number of carbonyl (C=O) groups excluding carboxylic acids is 2. The van der Waals surface area contributed by atoms with Gasteiger partial charge in [0.1, 0.15) is 18.3 Å². The lowest BCUT2D eigenvalue weighted by atomic mass is 10.1. The number of rotatable bonds is 12. The van der Waals surface area contributed by atoms with E-state index in [9.17, 15) is 18.0 Å². The number of nitrogens with one attached hydrogen (secondary N) is 1. The number of ether oxygens (including phenoxy) is 1. The predicted molar refractivity (Wildman–Crippen MR) is 153 cm³/mol. The number of sulfonamides is 1. The van der Waals surface area contributed by atoms with E-state index in [1.807, 2.05) is 38.1 Å². The third-order valence-corrected chi connectivity index (χ3v) is 8.05. The normalized spacial score (nSPS) is 11.9. The van der Waals surface area contributed by atoms with Crippen molar-refractivity contribution in [2.45, 2.75) is 52.1 Å². The Hall–Kier alpha value is -3.85. The molecule has 39 heavy (non-hydrogen) atoms. The van der Waals surface area contributed by atoms with Crippen LogP contribution in [0.25, 0.3) is 0 Å². The van der Waals surface area contributed by atoms with Crippen LogP contribution in [0.5, 0.6) is 5.75 Å². The topological polar surface area (TPSA) is 96.0 Å².